The Kier molecular flexibility index (Phi) is 7.22. The molecule has 0 saturated carbocycles. The number of ether oxygens (including phenoxy) is 2. The zero-order valence-corrected chi connectivity index (χ0v) is 17.8. The summed E-state index contributed by atoms with van der Waals surface area (Å²) >= 11 is 0. The second-order valence-electron chi connectivity index (χ2n) is 7.62. The Morgan fingerprint density at radius 1 is 1.00 bits per heavy atom. The number of aromatic hydroxyl groups is 2. The van der Waals surface area contributed by atoms with Crippen LogP contribution in [0.2, 0.25) is 0 Å². The maximum absolute atomic E-state index is 13.1. The van der Waals surface area contributed by atoms with E-state index in [-0.39, 0.29) is 36.3 Å². The van der Waals surface area contributed by atoms with E-state index in [1.807, 2.05) is 44.2 Å². The fraction of sp³-hybridized carbons (Fsp3) is 0.240. The molecule has 3 rings (SSSR count). The number of hydrogen-bond acceptors (Lipinski definition) is 7. The highest BCUT2D eigenvalue weighted by atomic mass is 16.6. The first-order chi connectivity index (χ1) is 15.3. The number of allylic oxidation sites excluding steroid dienone is 2. The summed E-state index contributed by atoms with van der Waals surface area (Å²) in [6.45, 7) is 3.58. The van der Waals surface area contributed by atoms with Crippen molar-refractivity contribution in [2.75, 3.05) is 6.61 Å². The summed E-state index contributed by atoms with van der Waals surface area (Å²) < 4.78 is 10.9. The molecule has 166 valence electrons. The predicted octanol–water partition coefficient (Wildman–Crippen LogP) is 3.89. The average molecular weight is 436 g/mol. The highest BCUT2D eigenvalue weighted by Gasteiger charge is 2.35. The molecule has 1 atom stereocenters. The maximum Gasteiger partial charge on any atom is 0.332 e. The van der Waals surface area contributed by atoms with Crippen LogP contribution >= 0.6 is 0 Å². The van der Waals surface area contributed by atoms with Crippen LogP contribution < -0.4 is 0 Å². The molecule has 32 heavy (non-hydrogen) atoms. The SMILES string of the molecule is CC(C)=CC[C@@H](OC(=O)COCc1ccccc1)C1=CC(=O)c2c(O)ccc(O)c2C1=O. The minimum absolute atomic E-state index is 0.0719. The van der Waals surface area contributed by atoms with Crippen molar-refractivity contribution in [2.45, 2.75) is 33.0 Å². The van der Waals surface area contributed by atoms with Gasteiger partial charge in [0.25, 0.3) is 0 Å². The highest BCUT2D eigenvalue weighted by molar-refractivity contribution is 6.27. The standard InChI is InChI=1S/C25H24O7/c1-15(2)8-11-21(32-22(29)14-31-13-16-6-4-3-5-7-16)17-12-20(28)23-18(26)9-10-19(27)24(23)25(17)30/h3-10,12,21,26-27H,11,13-14H2,1-2H3/t21-/m1/s1. The lowest BCUT2D eigenvalue weighted by Gasteiger charge is -2.23. The molecule has 0 amide bonds. The first-order valence-corrected chi connectivity index (χ1v) is 10.1. The van der Waals surface area contributed by atoms with Gasteiger partial charge in [0.15, 0.2) is 11.6 Å². The summed E-state index contributed by atoms with van der Waals surface area (Å²) in [4.78, 5) is 38.1. The summed E-state index contributed by atoms with van der Waals surface area (Å²) in [5, 5.41) is 20.1. The number of fused-ring (bicyclic) bond motifs is 1. The van der Waals surface area contributed by atoms with Gasteiger partial charge in [-0.2, -0.15) is 0 Å². The molecule has 0 radical (unpaired) electrons. The first kappa shape index (κ1) is 23.0. The number of benzene rings is 2. The van der Waals surface area contributed by atoms with E-state index in [4.69, 9.17) is 9.47 Å². The van der Waals surface area contributed by atoms with E-state index < -0.39 is 35.1 Å². The second-order valence-corrected chi connectivity index (χ2v) is 7.62. The van der Waals surface area contributed by atoms with Gasteiger partial charge in [-0.25, -0.2) is 4.79 Å². The van der Waals surface area contributed by atoms with Crippen LogP contribution in [0.4, 0.5) is 0 Å². The number of Topliss-reactive ketones (excluding diaryl/α,β-unsaturated/α-hetero) is 1. The molecular formula is C25H24O7. The Labute approximate surface area is 185 Å². The van der Waals surface area contributed by atoms with E-state index in [9.17, 15) is 24.6 Å². The number of esters is 1. The zero-order valence-electron chi connectivity index (χ0n) is 17.8. The molecule has 2 aromatic rings. The number of carbonyl (C=O) groups is 3. The summed E-state index contributed by atoms with van der Waals surface area (Å²) in [6.07, 6.45) is 1.93. The third-order valence-electron chi connectivity index (χ3n) is 4.88. The first-order valence-electron chi connectivity index (χ1n) is 10.1. The molecule has 0 aromatic heterocycles. The molecule has 1 aliphatic rings. The lowest BCUT2D eigenvalue weighted by atomic mass is 9.85. The molecule has 0 unspecified atom stereocenters. The maximum atomic E-state index is 13.1. The van der Waals surface area contributed by atoms with Crippen LogP contribution in [0.5, 0.6) is 11.5 Å². The lowest BCUT2D eigenvalue weighted by molar-refractivity contribution is -0.152. The van der Waals surface area contributed by atoms with Gasteiger partial charge in [-0.15, -0.1) is 0 Å². The van der Waals surface area contributed by atoms with Gasteiger partial charge in [0.05, 0.1) is 17.7 Å². The Bertz CT molecular complexity index is 1090. The van der Waals surface area contributed by atoms with E-state index in [1.165, 1.54) is 0 Å². The van der Waals surface area contributed by atoms with Gasteiger partial charge >= 0.3 is 5.97 Å². The highest BCUT2D eigenvalue weighted by Crippen LogP contribution is 2.36. The van der Waals surface area contributed by atoms with Gasteiger partial charge in [-0.1, -0.05) is 42.0 Å². The predicted molar refractivity (Wildman–Crippen MR) is 117 cm³/mol. The van der Waals surface area contributed by atoms with Crippen LogP contribution in [0.1, 0.15) is 46.5 Å². The van der Waals surface area contributed by atoms with E-state index in [0.717, 1.165) is 29.3 Å². The Morgan fingerprint density at radius 2 is 1.66 bits per heavy atom. The molecule has 0 saturated heterocycles. The summed E-state index contributed by atoms with van der Waals surface area (Å²) in [5.74, 6) is -2.86. The molecule has 1 aliphatic carbocycles. The van der Waals surface area contributed by atoms with Crippen LogP contribution in [-0.4, -0.2) is 40.5 Å². The van der Waals surface area contributed by atoms with Gasteiger partial charge in [0, 0.05) is 12.0 Å². The fourth-order valence-electron chi connectivity index (χ4n) is 3.32. The number of hydrogen-bond donors (Lipinski definition) is 2. The van der Waals surface area contributed by atoms with Gasteiger partial charge in [0.2, 0.25) is 0 Å². The number of phenolic OH excluding ortho intramolecular Hbond substituents is 2. The van der Waals surface area contributed by atoms with Crippen LogP contribution in [0, 0.1) is 0 Å². The van der Waals surface area contributed by atoms with Crippen molar-refractivity contribution < 1.29 is 34.1 Å². The minimum Gasteiger partial charge on any atom is -0.507 e. The van der Waals surface area contributed by atoms with Crippen molar-refractivity contribution in [3.05, 3.63) is 82.5 Å². The molecule has 2 N–H and O–H groups in total. The van der Waals surface area contributed by atoms with Gasteiger partial charge in [-0.3, -0.25) is 9.59 Å². The fourth-order valence-corrected chi connectivity index (χ4v) is 3.32. The van der Waals surface area contributed by atoms with Crippen LogP contribution in [0.15, 0.2) is 65.8 Å². The van der Waals surface area contributed by atoms with Crippen LogP contribution in [0.25, 0.3) is 0 Å². The zero-order chi connectivity index (χ0) is 23.3. The molecule has 0 aliphatic heterocycles. The van der Waals surface area contributed by atoms with E-state index in [0.29, 0.717) is 0 Å². The molecule has 7 heteroatoms. The van der Waals surface area contributed by atoms with Crippen LogP contribution in [-0.2, 0) is 20.9 Å². The lowest BCUT2D eigenvalue weighted by Crippen LogP contribution is -2.30. The molecule has 0 spiro atoms. The van der Waals surface area contributed by atoms with Crippen molar-refractivity contribution in [1.82, 2.24) is 0 Å². The van der Waals surface area contributed by atoms with Crippen molar-refractivity contribution in [1.29, 1.82) is 0 Å². The largest absolute Gasteiger partial charge is 0.507 e. The van der Waals surface area contributed by atoms with E-state index in [1.54, 1.807) is 6.08 Å². The molecule has 0 heterocycles. The Balaban J connectivity index is 1.78. The van der Waals surface area contributed by atoms with Gasteiger partial charge < -0.3 is 19.7 Å². The Hall–Kier alpha value is -3.71. The Morgan fingerprint density at radius 3 is 2.31 bits per heavy atom. The topological polar surface area (TPSA) is 110 Å². The van der Waals surface area contributed by atoms with Crippen molar-refractivity contribution in [3.8, 4) is 11.5 Å². The average Bonchev–Trinajstić information content (AvgIpc) is 2.76. The number of rotatable bonds is 8. The second kappa shape index (κ2) is 10.1. The summed E-state index contributed by atoms with van der Waals surface area (Å²) in [5.41, 5.74) is 1.19. The van der Waals surface area contributed by atoms with Crippen molar-refractivity contribution >= 4 is 17.5 Å². The third kappa shape index (κ3) is 5.31. The number of phenols is 2. The van der Waals surface area contributed by atoms with Crippen molar-refractivity contribution in [3.63, 3.8) is 0 Å². The number of carbonyl (C=O) groups excluding carboxylic acids is 3. The van der Waals surface area contributed by atoms with E-state index >= 15 is 0 Å². The quantitative estimate of drug-likeness (QED) is 0.367. The van der Waals surface area contributed by atoms with Crippen LogP contribution in [0.3, 0.4) is 0 Å². The van der Waals surface area contributed by atoms with Gasteiger partial charge in [0.1, 0.15) is 24.2 Å². The molecule has 7 nitrogen and oxygen atoms in total. The normalized spacial score (nSPS) is 13.8. The minimum atomic E-state index is -1.05. The molecule has 0 fully saturated rings. The van der Waals surface area contributed by atoms with E-state index in [2.05, 4.69) is 0 Å². The summed E-state index contributed by atoms with van der Waals surface area (Å²) in [7, 11) is 0. The van der Waals surface area contributed by atoms with Crippen molar-refractivity contribution in [2.24, 2.45) is 0 Å². The number of ketones is 2. The molecule has 0 bridgehead atoms. The van der Waals surface area contributed by atoms with Gasteiger partial charge in [-0.05, 0) is 37.6 Å². The smallest absolute Gasteiger partial charge is 0.332 e. The molecule has 2 aromatic carbocycles. The third-order valence-corrected chi connectivity index (χ3v) is 4.88. The molecular weight excluding hydrogens is 412 g/mol. The monoisotopic (exact) mass is 436 g/mol. The summed E-state index contributed by atoms with van der Waals surface area (Å²) in [6, 6.07) is 11.6.